The van der Waals surface area contributed by atoms with Crippen molar-refractivity contribution in [3.63, 3.8) is 0 Å². The van der Waals surface area contributed by atoms with Gasteiger partial charge in [-0.2, -0.15) is 0 Å². The summed E-state index contributed by atoms with van der Waals surface area (Å²) in [5.74, 6) is 0.723. The van der Waals surface area contributed by atoms with Gasteiger partial charge in [0.15, 0.2) is 9.84 Å². The highest BCUT2D eigenvalue weighted by molar-refractivity contribution is 7.91. The molecule has 0 unspecified atom stereocenters. The molecule has 1 aliphatic rings. The van der Waals surface area contributed by atoms with Gasteiger partial charge in [-0.3, -0.25) is 0 Å². The zero-order valence-electron chi connectivity index (χ0n) is 8.96. The second-order valence-electron chi connectivity index (χ2n) is 4.11. The lowest BCUT2D eigenvalue weighted by atomic mass is 10.2. The summed E-state index contributed by atoms with van der Waals surface area (Å²) >= 11 is 0. The molecule has 1 N–H and O–H groups in total. The smallest absolute Gasteiger partial charge is 0.151 e. The maximum absolute atomic E-state index is 11.1. The van der Waals surface area contributed by atoms with E-state index in [2.05, 4.69) is 12.2 Å². The van der Waals surface area contributed by atoms with Gasteiger partial charge in [-0.25, -0.2) is 8.42 Å². The largest absolute Gasteiger partial charge is 0.313 e. The van der Waals surface area contributed by atoms with Gasteiger partial charge in [0, 0.05) is 6.04 Å². The maximum Gasteiger partial charge on any atom is 0.151 e. The molecule has 0 saturated carbocycles. The average molecular weight is 219 g/mol. The minimum Gasteiger partial charge on any atom is -0.313 e. The molecule has 1 heterocycles. The fourth-order valence-electron chi connectivity index (χ4n) is 1.81. The lowest BCUT2D eigenvalue weighted by Crippen LogP contribution is -2.30. The van der Waals surface area contributed by atoms with Gasteiger partial charge in [0.25, 0.3) is 0 Å². The van der Waals surface area contributed by atoms with Gasteiger partial charge in [0.05, 0.1) is 11.5 Å². The first kappa shape index (κ1) is 12.0. The molecule has 0 aromatic heterocycles. The SMILES string of the molecule is CCCCCCN[C@@H]1CCS(=O)(=O)C1. The third-order valence-corrected chi connectivity index (χ3v) is 4.46. The van der Waals surface area contributed by atoms with Crippen molar-refractivity contribution in [2.24, 2.45) is 0 Å². The Hall–Kier alpha value is -0.0900. The Morgan fingerprint density at radius 3 is 2.64 bits per heavy atom. The molecule has 0 spiro atoms. The molecule has 0 aliphatic carbocycles. The first-order chi connectivity index (χ1) is 6.64. The molecule has 1 aliphatic heterocycles. The molecule has 0 amide bonds. The van der Waals surface area contributed by atoms with E-state index in [1.165, 1.54) is 25.7 Å². The molecule has 84 valence electrons. The Balaban J connectivity index is 2.03. The van der Waals surface area contributed by atoms with Crippen LogP contribution in [-0.2, 0) is 9.84 Å². The van der Waals surface area contributed by atoms with Gasteiger partial charge < -0.3 is 5.32 Å². The fraction of sp³-hybridized carbons (Fsp3) is 1.00. The van der Waals surface area contributed by atoms with Crippen molar-refractivity contribution in [2.75, 3.05) is 18.1 Å². The van der Waals surface area contributed by atoms with Crippen LogP contribution in [0.4, 0.5) is 0 Å². The highest BCUT2D eigenvalue weighted by Gasteiger charge is 2.26. The molecule has 0 bridgehead atoms. The predicted octanol–water partition coefficient (Wildman–Crippen LogP) is 1.34. The number of hydrogen-bond donors (Lipinski definition) is 1. The first-order valence-electron chi connectivity index (χ1n) is 5.58. The van der Waals surface area contributed by atoms with Gasteiger partial charge in [0.2, 0.25) is 0 Å². The first-order valence-corrected chi connectivity index (χ1v) is 7.40. The minimum atomic E-state index is -2.71. The Kier molecular flexibility index (Phi) is 4.89. The lowest BCUT2D eigenvalue weighted by molar-refractivity contribution is 0.525. The maximum atomic E-state index is 11.1. The van der Waals surface area contributed by atoms with Crippen LogP contribution in [0.5, 0.6) is 0 Å². The van der Waals surface area contributed by atoms with Crippen molar-refractivity contribution in [3.8, 4) is 0 Å². The van der Waals surface area contributed by atoms with Crippen LogP contribution < -0.4 is 5.32 Å². The number of sulfone groups is 1. The summed E-state index contributed by atoms with van der Waals surface area (Å²) in [6, 6.07) is 0.224. The topological polar surface area (TPSA) is 46.2 Å². The zero-order valence-corrected chi connectivity index (χ0v) is 9.78. The molecule has 1 fully saturated rings. The quantitative estimate of drug-likeness (QED) is 0.686. The van der Waals surface area contributed by atoms with Crippen LogP contribution in [0.25, 0.3) is 0 Å². The van der Waals surface area contributed by atoms with Gasteiger partial charge >= 0.3 is 0 Å². The van der Waals surface area contributed by atoms with Crippen molar-refractivity contribution < 1.29 is 8.42 Å². The minimum absolute atomic E-state index is 0.224. The standard InChI is InChI=1S/C10H21NO2S/c1-2-3-4-5-7-11-10-6-8-14(12,13)9-10/h10-11H,2-9H2,1H3/t10-/m1/s1. The van der Waals surface area contributed by atoms with E-state index in [4.69, 9.17) is 0 Å². The second kappa shape index (κ2) is 5.71. The summed E-state index contributed by atoms with van der Waals surface area (Å²) in [6.07, 6.45) is 5.76. The second-order valence-corrected chi connectivity index (χ2v) is 6.34. The van der Waals surface area contributed by atoms with E-state index in [0.29, 0.717) is 11.5 Å². The van der Waals surface area contributed by atoms with Crippen molar-refractivity contribution in [3.05, 3.63) is 0 Å². The molecular formula is C10H21NO2S. The summed E-state index contributed by atoms with van der Waals surface area (Å²) in [7, 11) is -2.71. The summed E-state index contributed by atoms with van der Waals surface area (Å²) in [5.41, 5.74) is 0. The van der Waals surface area contributed by atoms with E-state index >= 15 is 0 Å². The van der Waals surface area contributed by atoms with Gasteiger partial charge in [-0.15, -0.1) is 0 Å². The molecule has 1 saturated heterocycles. The summed E-state index contributed by atoms with van der Waals surface area (Å²) in [6.45, 7) is 3.16. The van der Waals surface area contributed by atoms with E-state index in [1.807, 2.05) is 0 Å². The third-order valence-electron chi connectivity index (χ3n) is 2.70. The molecule has 0 aromatic rings. The number of hydrogen-bond acceptors (Lipinski definition) is 3. The zero-order chi connectivity index (χ0) is 10.4. The van der Waals surface area contributed by atoms with Crippen LogP contribution in [0, 0.1) is 0 Å². The van der Waals surface area contributed by atoms with Crippen molar-refractivity contribution >= 4 is 9.84 Å². The average Bonchev–Trinajstić information content (AvgIpc) is 2.45. The molecule has 0 aromatic carbocycles. The van der Waals surface area contributed by atoms with Crippen LogP contribution in [-0.4, -0.2) is 32.5 Å². The Bertz CT molecular complexity index is 249. The normalized spacial score (nSPS) is 25.4. The molecule has 4 heteroatoms. The lowest BCUT2D eigenvalue weighted by Gasteiger charge is -2.09. The van der Waals surface area contributed by atoms with E-state index in [9.17, 15) is 8.42 Å². The molecule has 3 nitrogen and oxygen atoms in total. The fourth-order valence-corrected chi connectivity index (χ4v) is 3.52. The van der Waals surface area contributed by atoms with Crippen molar-refractivity contribution in [1.82, 2.24) is 5.32 Å². The third kappa shape index (κ3) is 4.42. The molecule has 0 radical (unpaired) electrons. The van der Waals surface area contributed by atoms with Gasteiger partial charge in [-0.05, 0) is 19.4 Å². The molecule has 1 rings (SSSR count). The number of nitrogens with one attached hydrogen (secondary N) is 1. The van der Waals surface area contributed by atoms with Gasteiger partial charge in [0.1, 0.15) is 0 Å². The van der Waals surface area contributed by atoms with Gasteiger partial charge in [-0.1, -0.05) is 26.2 Å². The monoisotopic (exact) mass is 219 g/mol. The molecule has 14 heavy (non-hydrogen) atoms. The van der Waals surface area contributed by atoms with Crippen LogP contribution >= 0.6 is 0 Å². The molecule has 1 atom stereocenters. The predicted molar refractivity (Wildman–Crippen MR) is 59.2 cm³/mol. The number of unbranched alkanes of at least 4 members (excludes halogenated alkanes) is 3. The summed E-state index contributed by atoms with van der Waals surface area (Å²) in [4.78, 5) is 0. The van der Waals surface area contributed by atoms with E-state index in [-0.39, 0.29) is 6.04 Å². The van der Waals surface area contributed by atoms with Crippen LogP contribution in [0.1, 0.15) is 39.0 Å². The van der Waals surface area contributed by atoms with Crippen molar-refractivity contribution in [1.29, 1.82) is 0 Å². The number of rotatable bonds is 6. The van der Waals surface area contributed by atoms with E-state index < -0.39 is 9.84 Å². The van der Waals surface area contributed by atoms with Crippen LogP contribution in [0.15, 0.2) is 0 Å². The van der Waals surface area contributed by atoms with Crippen molar-refractivity contribution in [2.45, 2.75) is 45.1 Å². The summed E-state index contributed by atoms with van der Waals surface area (Å²) in [5, 5.41) is 3.32. The van der Waals surface area contributed by atoms with E-state index in [0.717, 1.165) is 13.0 Å². The highest BCUT2D eigenvalue weighted by atomic mass is 32.2. The van der Waals surface area contributed by atoms with Crippen LogP contribution in [0.2, 0.25) is 0 Å². The van der Waals surface area contributed by atoms with Crippen LogP contribution in [0.3, 0.4) is 0 Å². The Labute approximate surface area is 87.2 Å². The molecular weight excluding hydrogens is 198 g/mol. The Morgan fingerprint density at radius 1 is 1.29 bits per heavy atom. The summed E-state index contributed by atoms with van der Waals surface area (Å²) < 4.78 is 22.3. The highest BCUT2D eigenvalue weighted by Crippen LogP contribution is 2.11. The van der Waals surface area contributed by atoms with E-state index in [1.54, 1.807) is 0 Å². The Morgan fingerprint density at radius 2 is 2.07 bits per heavy atom.